The standard InChI is InChI=1S/C15H21NO3S/c1-12-5-6-14(13(9-12)16(17)18)19-10-15(11-20)7-3-2-4-8-15/h5-6,9,20H,2-4,7-8,10-11H2,1H3. The molecule has 1 aliphatic rings. The molecule has 1 fully saturated rings. The molecule has 5 heteroatoms. The first-order chi connectivity index (χ1) is 9.56. The molecule has 0 aliphatic heterocycles. The van der Waals surface area contributed by atoms with E-state index in [0.717, 1.165) is 24.2 Å². The number of rotatable bonds is 5. The maximum Gasteiger partial charge on any atom is 0.311 e. The van der Waals surface area contributed by atoms with E-state index in [-0.39, 0.29) is 16.0 Å². The zero-order valence-corrected chi connectivity index (χ0v) is 12.7. The van der Waals surface area contributed by atoms with Gasteiger partial charge in [0.2, 0.25) is 0 Å². The van der Waals surface area contributed by atoms with Gasteiger partial charge in [-0.3, -0.25) is 10.1 Å². The number of hydrogen-bond acceptors (Lipinski definition) is 4. The second-order valence-electron chi connectivity index (χ2n) is 5.74. The Morgan fingerprint density at radius 3 is 2.65 bits per heavy atom. The highest BCUT2D eigenvalue weighted by Crippen LogP contribution is 2.38. The van der Waals surface area contributed by atoms with Gasteiger partial charge in [-0.1, -0.05) is 25.3 Å². The van der Waals surface area contributed by atoms with E-state index < -0.39 is 0 Å². The first kappa shape index (κ1) is 15.2. The SMILES string of the molecule is Cc1ccc(OCC2(CS)CCCCC2)c([N+](=O)[O-])c1. The molecule has 0 N–H and O–H groups in total. The Morgan fingerprint density at radius 1 is 1.35 bits per heavy atom. The summed E-state index contributed by atoms with van der Waals surface area (Å²) in [5.74, 6) is 1.14. The smallest absolute Gasteiger partial charge is 0.311 e. The van der Waals surface area contributed by atoms with Crippen molar-refractivity contribution in [2.45, 2.75) is 39.0 Å². The van der Waals surface area contributed by atoms with Crippen LogP contribution in [0.5, 0.6) is 5.75 Å². The van der Waals surface area contributed by atoms with E-state index in [1.165, 1.54) is 19.3 Å². The molecule has 0 radical (unpaired) electrons. The minimum absolute atomic E-state index is 0.0510. The molecule has 0 amide bonds. The van der Waals surface area contributed by atoms with Crippen LogP contribution in [0, 0.1) is 22.5 Å². The van der Waals surface area contributed by atoms with Crippen molar-refractivity contribution in [2.24, 2.45) is 5.41 Å². The summed E-state index contributed by atoms with van der Waals surface area (Å²) >= 11 is 4.46. The van der Waals surface area contributed by atoms with Gasteiger partial charge in [-0.25, -0.2) is 0 Å². The molecule has 20 heavy (non-hydrogen) atoms. The van der Waals surface area contributed by atoms with E-state index in [2.05, 4.69) is 12.6 Å². The summed E-state index contributed by atoms with van der Waals surface area (Å²) in [4.78, 5) is 10.7. The lowest BCUT2D eigenvalue weighted by Gasteiger charge is -2.35. The molecular weight excluding hydrogens is 274 g/mol. The zero-order chi connectivity index (χ0) is 14.6. The molecule has 1 aromatic carbocycles. The van der Waals surface area contributed by atoms with Crippen LogP contribution < -0.4 is 4.74 Å². The Morgan fingerprint density at radius 2 is 2.05 bits per heavy atom. The number of nitro groups is 1. The van der Waals surface area contributed by atoms with Gasteiger partial charge in [0.05, 0.1) is 11.5 Å². The summed E-state index contributed by atoms with van der Waals surface area (Å²) in [5.41, 5.74) is 0.987. The Labute approximate surface area is 125 Å². The Kier molecular flexibility index (Phi) is 4.91. The van der Waals surface area contributed by atoms with Crippen molar-refractivity contribution in [3.63, 3.8) is 0 Å². The van der Waals surface area contributed by atoms with Crippen LogP contribution in [0.25, 0.3) is 0 Å². The fourth-order valence-electron chi connectivity index (χ4n) is 2.77. The molecule has 0 atom stereocenters. The first-order valence-electron chi connectivity index (χ1n) is 7.05. The largest absolute Gasteiger partial charge is 0.486 e. The fraction of sp³-hybridized carbons (Fsp3) is 0.600. The fourth-order valence-corrected chi connectivity index (χ4v) is 3.18. The Hall–Kier alpha value is -1.23. The third-order valence-electron chi connectivity index (χ3n) is 4.09. The average Bonchev–Trinajstić information content (AvgIpc) is 2.47. The molecular formula is C15H21NO3S. The van der Waals surface area contributed by atoms with Crippen LogP contribution in [-0.4, -0.2) is 17.3 Å². The summed E-state index contributed by atoms with van der Waals surface area (Å²) in [6.45, 7) is 2.35. The van der Waals surface area contributed by atoms with Crippen molar-refractivity contribution in [1.82, 2.24) is 0 Å². The minimum atomic E-state index is -0.378. The molecule has 1 saturated carbocycles. The molecule has 0 unspecified atom stereocenters. The van der Waals surface area contributed by atoms with Gasteiger partial charge in [0.25, 0.3) is 0 Å². The molecule has 1 aliphatic carbocycles. The van der Waals surface area contributed by atoms with Gasteiger partial charge < -0.3 is 4.74 Å². The Balaban J connectivity index is 2.11. The molecule has 2 rings (SSSR count). The number of hydrogen-bond donors (Lipinski definition) is 1. The van der Waals surface area contributed by atoms with Crippen molar-refractivity contribution >= 4 is 18.3 Å². The number of ether oxygens (including phenoxy) is 1. The van der Waals surface area contributed by atoms with Gasteiger partial charge in [0, 0.05) is 11.5 Å². The molecule has 0 bridgehead atoms. The van der Waals surface area contributed by atoms with E-state index in [1.807, 2.05) is 13.0 Å². The van der Waals surface area contributed by atoms with Crippen LogP contribution in [-0.2, 0) is 0 Å². The van der Waals surface area contributed by atoms with Gasteiger partial charge in [-0.2, -0.15) is 12.6 Å². The highest BCUT2D eigenvalue weighted by Gasteiger charge is 2.32. The number of nitro benzene ring substituents is 1. The highest BCUT2D eigenvalue weighted by molar-refractivity contribution is 7.80. The topological polar surface area (TPSA) is 52.4 Å². The van der Waals surface area contributed by atoms with Crippen molar-refractivity contribution in [3.05, 3.63) is 33.9 Å². The van der Waals surface area contributed by atoms with E-state index >= 15 is 0 Å². The monoisotopic (exact) mass is 295 g/mol. The molecule has 0 heterocycles. The van der Waals surface area contributed by atoms with Gasteiger partial charge in [-0.15, -0.1) is 0 Å². The van der Waals surface area contributed by atoms with Crippen molar-refractivity contribution in [1.29, 1.82) is 0 Å². The van der Waals surface area contributed by atoms with Gasteiger partial charge >= 0.3 is 5.69 Å². The zero-order valence-electron chi connectivity index (χ0n) is 11.8. The van der Waals surface area contributed by atoms with Crippen LogP contribution in [0.15, 0.2) is 18.2 Å². The van der Waals surface area contributed by atoms with E-state index in [1.54, 1.807) is 12.1 Å². The molecule has 110 valence electrons. The normalized spacial score (nSPS) is 17.7. The van der Waals surface area contributed by atoms with Gasteiger partial charge in [0.1, 0.15) is 0 Å². The van der Waals surface area contributed by atoms with E-state index in [0.29, 0.717) is 12.4 Å². The molecule has 0 aromatic heterocycles. The van der Waals surface area contributed by atoms with E-state index in [9.17, 15) is 10.1 Å². The predicted molar refractivity (Wildman–Crippen MR) is 82.7 cm³/mol. The highest BCUT2D eigenvalue weighted by atomic mass is 32.1. The third-order valence-corrected chi connectivity index (χ3v) is 4.77. The molecule has 1 aromatic rings. The lowest BCUT2D eigenvalue weighted by molar-refractivity contribution is -0.386. The van der Waals surface area contributed by atoms with Crippen molar-refractivity contribution in [3.8, 4) is 5.75 Å². The third kappa shape index (κ3) is 3.45. The van der Waals surface area contributed by atoms with E-state index in [4.69, 9.17) is 4.74 Å². The van der Waals surface area contributed by atoms with Gasteiger partial charge in [0.15, 0.2) is 5.75 Å². The number of nitrogens with zero attached hydrogens (tertiary/aromatic N) is 1. The van der Waals surface area contributed by atoms with Crippen molar-refractivity contribution < 1.29 is 9.66 Å². The quantitative estimate of drug-likeness (QED) is 0.504. The summed E-state index contributed by atoms with van der Waals surface area (Å²) < 4.78 is 5.80. The van der Waals surface area contributed by atoms with Crippen LogP contribution >= 0.6 is 12.6 Å². The number of aryl methyl sites for hydroxylation is 1. The number of benzene rings is 1. The molecule has 0 saturated heterocycles. The summed E-state index contributed by atoms with van der Waals surface area (Å²) in [6.07, 6.45) is 5.84. The summed E-state index contributed by atoms with van der Waals surface area (Å²) in [6, 6.07) is 5.10. The number of thiol groups is 1. The maximum atomic E-state index is 11.1. The van der Waals surface area contributed by atoms with Crippen LogP contribution in [0.2, 0.25) is 0 Å². The van der Waals surface area contributed by atoms with Crippen LogP contribution in [0.4, 0.5) is 5.69 Å². The average molecular weight is 295 g/mol. The first-order valence-corrected chi connectivity index (χ1v) is 7.68. The summed E-state index contributed by atoms with van der Waals surface area (Å²) in [7, 11) is 0. The lowest BCUT2D eigenvalue weighted by Crippen LogP contribution is -2.33. The second kappa shape index (κ2) is 6.48. The molecule has 4 nitrogen and oxygen atoms in total. The maximum absolute atomic E-state index is 11.1. The minimum Gasteiger partial charge on any atom is -0.486 e. The summed E-state index contributed by atoms with van der Waals surface area (Å²) in [5, 5.41) is 11.1. The Bertz CT molecular complexity index is 484. The molecule has 0 spiro atoms. The van der Waals surface area contributed by atoms with Crippen molar-refractivity contribution in [2.75, 3.05) is 12.4 Å². The van der Waals surface area contributed by atoms with Crippen LogP contribution in [0.3, 0.4) is 0 Å². The lowest BCUT2D eigenvalue weighted by atomic mass is 9.76. The van der Waals surface area contributed by atoms with Crippen LogP contribution in [0.1, 0.15) is 37.7 Å². The predicted octanol–water partition coefficient (Wildman–Crippen LogP) is 4.16. The second-order valence-corrected chi connectivity index (χ2v) is 6.05. The van der Waals surface area contributed by atoms with Gasteiger partial charge in [-0.05, 0) is 37.1 Å².